The van der Waals surface area contributed by atoms with E-state index in [1.165, 1.54) is 0 Å². The van der Waals surface area contributed by atoms with E-state index in [1.54, 1.807) is 19.2 Å². The van der Waals surface area contributed by atoms with Crippen LogP contribution in [0, 0.1) is 0 Å². The normalized spacial score (nSPS) is 11.6. The lowest BCUT2D eigenvalue weighted by molar-refractivity contribution is -0.118. The second-order valence-electron chi connectivity index (χ2n) is 5.41. The van der Waals surface area contributed by atoms with Gasteiger partial charge in [-0.05, 0) is 36.1 Å². The third-order valence-corrected chi connectivity index (χ3v) is 3.79. The number of ether oxygens (including phenoxy) is 2. The Labute approximate surface area is 137 Å². The predicted molar refractivity (Wildman–Crippen MR) is 92.3 cm³/mol. The Hall–Kier alpha value is -2.49. The van der Waals surface area contributed by atoms with E-state index in [4.69, 9.17) is 9.47 Å². The Kier molecular flexibility index (Phi) is 6.03. The number of methoxy groups -OCH3 is 1. The number of carbonyl (C=O) groups is 1. The van der Waals surface area contributed by atoms with E-state index in [0.717, 1.165) is 17.7 Å². The van der Waals surface area contributed by atoms with Crippen molar-refractivity contribution in [3.8, 4) is 11.5 Å². The van der Waals surface area contributed by atoms with E-state index in [1.807, 2.05) is 36.4 Å². The lowest BCUT2D eigenvalue weighted by atomic mass is 9.97. The highest BCUT2D eigenvalue weighted by Crippen LogP contribution is 2.26. The van der Waals surface area contributed by atoms with Crippen molar-refractivity contribution < 1.29 is 14.3 Å². The summed E-state index contributed by atoms with van der Waals surface area (Å²) in [4.78, 5) is 12.1. The maximum atomic E-state index is 12.1. The Morgan fingerprint density at radius 2 is 1.87 bits per heavy atom. The molecule has 23 heavy (non-hydrogen) atoms. The SMILES string of the molecule is CCC(C)c1ccccc1NC(=O)COc1cccc(OC)c1. The second-order valence-corrected chi connectivity index (χ2v) is 5.41. The highest BCUT2D eigenvalue weighted by Gasteiger charge is 2.11. The summed E-state index contributed by atoms with van der Waals surface area (Å²) in [6.45, 7) is 4.24. The van der Waals surface area contributed by atoms with Gasteiger partial charge in [0.05, 0.1) is 7.11 Å². The van der Waals surface area contributed by atoms with Crippen molar-refractivity contribution >= 4 is 11.6 Å². The summed E-state index contributed by atoms with van der Waals surface area (Å²) in [5.74, 6) is 1.52. The fraction of sp³-hybridized carbons (Fsp3) is 0.316. The number of amides is 1. The molecule has 1 atom stereocenters. The number of hydrogen-bond acceptors (Lipinski definition) is 3. The molecule has 0 aromatic heterocycles. The minimum absolute atomic E-state index is 0.0397. The maximum absolute atomic E-state index is 12.1. The van der Waals surface area contributed by atoms with Crippen LogP contribution in [0.2, 0.25) is 0 Å². The number of nitrogens with one attached hydrogen (secondary N) is 1. The first-order chi connectivity index (χ1) is 11.1. The zero-order chi connectivity index (χ0) is 16.7. The van der Waals surface area contributed by atoms with E-state index in [9.17, 15) is 4.79 Å². The second kappa shape index (κ2) is 8.22. The quantitative estimate of drug-likeness (QED) is 0.832. The summed E-state index contributed by atoms with van der Waals surface area (Å²) in [7, 11) is 1.59. The fourth-order valence-electron chi connectivity index (χ4n) is 2.29. The summed E-state index contributed by atoms with van der Waals surface area (Å²) in [5.41, 5.74) is 1.99. The van der Waals surface area contributed by atoms with Crippen molar-refractivity contribution in [1.82, 2.24) is 0 Å². The molecule has 122 valence electrons. The average Bonchev–Trinajstić information content (AvgIpc) is 2.60. The van der Waals surface area contributed by atoms with Gasteiger partial charge < -0.3 is 14.8 Å². The molecule has 2 aromatic rings. The lowest BCUT2D eigenvalue weighted by Crippen LogP contribution is -2.21. The first-order valence-corrected chi connectivity index (χ1v) is 7.79. The zero-order valence-corrected chi connectivity index (χ0v) is 13.8. The number of hydrogen-bond donors (Lipinski definition) is 1. The molecule has 0 heterocycles. The van der Waals surface area contributed by atoms with E-state index in [-0.39, 0.29) is 12.5 Å². The largest absolute Gasteiger partial charge is 0.497 e. The number of benzene rings is 2. The van der Waals surface area contributed by atoms with Crippen molar-refractivity contribution in [2.75, 3.05) is 19.0 Å². The van der Waals surface area contributed by atoms with Crippen LogP contribution in [0.5, 0.6) is 11.5 Å². The van der Waals surface area contributed by atoms with Crippen LogP contribution in [0.3, 0.4) is 0 Å². The smallest absolute Gasteiger partial charge is 0.262 e. The zero-order valence-electron chi connectivity index (χ0n) is 13.8. The number of para-hydroxylation sites is 1. The van der Waals surface area contributed by atoms with Crippen molar-refractivity contribution in [2.24, 2.45) is 0 Å². The molecule has 0 bridgehead atoms. The average molecular weight is 313 g/mol. The maximum Gasteiger partial charge on any atom is 0.262 e. The van der Waals surface area contributed by atoms with Gasteiger partial charge in [0.2, 0.25) is 0 Å². The van der Waals surface area contributed by atoms with Gasteiger partial charge in [0.1, 0.15) is 11.5 Å². The predicted octanol–water partition coefficient (Wildman–Crippen LogP) is 4.23. The highest BCUT2D eigenvalue weighted by molar-refractivity contribution is 5.92. The molecular weight excluding hydrogens is 290 g/mol. The molecule has 0 spiro atoms. The third-order valence-electron chi connectivity index (χ3n) is 3.79. The molecular formula is C19H23NO3. The molecule has 0 saturated carbocycles. The Morgan fingerprint density at radius 1 is 1.13 bits per heavy atom. The van der Waals surface area contributed by atoms with Gasteiger partial charge in [-0.15, -0.1) is 0 Å². The van der Waals surface area contributed by atoms with Crippen molar-refractivity contribution in [2.45, 2.75) is 26.2 Å². The van der Waals surface area contributed by atoms with Crippen LogP contribution < -0.4 is 14.8 Å². The molecule has 1 N–H and O–H groups in total. The first kappa shape index (κ1) is 16.9. The van der Waals surface area contributed by atoms with Gasteiger partial charge in [0.15, 0.2) is 6.61 Å². The van der Waals surface area contributed by atoms with Crippen LogP contribution in [-0.4, -0.2) is 19.6 Å². The summed E-state index contributed by atoms with van der Waals surface area (Å²) >= 11 is 0. The van der Waals surface area contributed by atoms with Gasteiger partial charge in [-0.3, -0.25) is 4.79 Å². The minimum Gasteiger partial charge on any atom is -0.497 e. The van der Waals surface area contributed by atoms with Crippen LogP contribution in [0.25, 0.3) is 0 Å². The van der Waals surface area contributed by atoms with Gasteiger partial charge in [0.25, 0.3) is 5.91 Å². The Balaban J connectivity index is 1.97. The Morgan fingerprint density at radius 3 is 2.61 bits per heavy atom. The molecule has 0 fully saturated rings. The van der Waals surface area contributed by atoms with Gasteiger partial charge in [-0.2, -0.15) is 0 Å². The Bertz CT molecular complexity index is 655. The first-order valence-electron chi connectivity index (χ1n) is 7.79. The van der Waals surface area contributed by atoms with Crippen LogP contribution in [0.15, 0.2) is 48.5 Å². The molecule has 2 aromatic carbocycles. The van der Waals surface area contributed by atoms with E-state index in [2.05, 4.69) is 19.2 Å². The molecule has 2 rings (SSSR count). The molecule has 0 aliphatic carbocycles. The van der Waals surface area contributed by atoms with Crippen LogP contribution in [0.1, 0.15) is 31.7 Å². The molecule has 4 nitrogen and oxygen atoms in total. The van der Waals surface area contributed by atoms with Crippen LogP contribution >= 0.6 is 0 Å². The number of anilines is 1. The van der Waals surface area contributed by atoms with Gasteiger partial charge in [-0.25, -0.2) is 0 Å². The van der Waals surface area contributed by atoms with Crippen LogP contribution in [-0.2, 0) is 4.79 Å². The van der Waals surface area contributed by atoms with Crippen molar-refractivity contribution in [3.05, 3.63) is 54.1 Å². The standard InChI is InChI=1S/C19H23NO3/c1-4-14(2)17-10-5-6-11-18(17)20-19(21)13-23-16-9-7-8-15(12-16)22-3/h5-12,14H,4,13H2,1-3H3,(H,20,21). The van der Waals surface area contributed by atoms with Crippen molar-refractivity contribution in [3.63, 3.8) is 0 Å². The van der Waals surface area contributed by atoms with Gasteiger partial charge >= 0.3 is 0 Å². The number of rotatable bonds is 7. The fourth-order valence-corrected chi connectivity index (χ4v) is 2.29. The summed E-state index contributed by atoms with van der Waals surface area (Å²) in [5, 5.41) is 2.93. The molecule has 1 unspecified atom stereocenters. The third kappa shape index (κ3) is 4.74. The molecule has 4 heteroatoms. The minimum atomic E-state index is -0.177. The topological polar surface area (TPSA) is 47.6 Å². The molecule has 1 amide bonds. The molecule has 0 aliphatic rings. The van der Waals surface area contributed by atoms with Gasteiger partial charge in [0, 0.05) is 11.8 Å². The summed E-state index contributed by atoms with van der Waals surface area (Å²) in [6.07, 6.45) is 1.02. The van der Waals surface area contributed by atoms with Gasteiger partial charge in [-0.1, -0.05) is 38.1 Å². The van der Waals surface area contributed by atoms with Crippen LogP contribution in [0.4, 0.5) is 5.69 Å². The van der Waals surface area contributed by atoms with E-state index >= 15 is 0 Å². The number of carbonyl (C=O) groups excluding carboxylic acids is 1. The summed E-state index contributed by atoms with van der Waals surface area (Å²) < 4.78 is 10.6. The molecule has 0 radical (unpaired) electrons. The molecule has 0 saturated heterocycles. The van der Waals surface area contributed by atoms with Crippen molar-refractivity contribution in [1.29, 1.82) is 0 Å². The monoisotopic (exact) mass is 313 g/mol. The highest BCUT2D eigenvalue weighted by atomic mass is 16.5. The van der Waals surface area contributed by atoms with E-state index < -0.39 is 0 Å². The van der Waals surface area contributed by atoms with E-state index in [0.29, 0.717) is 17.4 Å². The molecule has 0 aliphatic heterocycles. The summed E-state index contributed by atoms with van der Waals surface area (Å²) in [6, 6.07) is 15.1. The lowest BCUT2D eigenvalue weighted by Gasteiger charge is -2.15.